The van der Waals surface area contributed by atoms with Crippen LogP contribution in [0.3, 0.4) is 0 Å². The van der Waals surface area contributed by atoms with Crippen LogP contribution in [0.5, 0.6) is 0 Å². The van der Waals surface area contributed by atoms with E-state index in [9.17, 15) is 13.5 Å². The van der Waals surface area contributed by atoms with Gasteiger partial charge in [-0.1, -0.05) is 6.92 Å². The Morgan fingerprint density at radius 1 is 1.50 bits per heavy atom. The molecular formula is C7H15NO3S. The maximum Gasteiger partial charge on any atom is 0.154 e. The molecule has 0 aromatic heterocycles. The number of hydrogen-bond donors (Lipinski definition) is 1. The molecule has 1 aliphatic heterocycles. The topological polar surface area (TPSA) is 57.6 Å². The van der Waals surface area contributed by atoms with Crippen molar-refractivity contribution in [1.82, 2.24) is 4.90 Å². The van der Waals surface area contributed by atoms with Gasteiger partial charge in [0.15, 0.2) is 9.84 Å². The first-order valence-electron chi connectivity index (χ1n) is 4.05. The number of likely N-dealkylation sites (N-methyl/N-ethyl adjacent to an activating group) is 1. The first-order valence-corrected chi connectivity index (χ1v) is 5.87. The van der Waals surface area contributed by atoms with Gasteiger partial charge in [-0.3, -0.25) is 0 Å². The molecular weight excluding hydrogens is 178 g/mol. The molecule has 0 spiro atoms. The Bertz CT molecular complexity index is 249. The van der Waals surface area contributed by atoms with Crippen LogP contribution < -0.4 is 0 Å². The number of aliphatic hydroxyl groups is 1. The van der Waals surface area contributed by atoms with Crippen molar-refractivity contribution in [2.45, 2.75) is 19.1 Å². The van der Waals surface area contributed by atoms with E-state index in [1.165, 1.54) is 0 Å². The summed E-state index contributed by atoms with van der Waals surface area (Å²) in [4.78, 5) is 1.87. The zero-order valence-electron chi connectivity index (χ0n) is 7.40. The Hall–Kier alpha value is -0.130. The van der Waals surface area contributed by atoms with Crippen LogP contribution in [0.4, 0.5) is 0 Å². The molecule has 1 fully saturated rings. The SMILES string of the molecule is CCN(C)C1CS(=O)(=O)CC1O. The van der Waals surface area contributed by atoms with Crippen molar-refractivity contribution in [3.05, 3.63) is 0 Å². The minimum absolute atomic E-state index is 0.0813. The average molecular weight is 193 g/mol. The van der Waals surface area contributed by atoms with Gasteiger partial charge in [0.25, 0.3) is 0 Å². The van der Waals surface area contributed by atoms with Crippen LogP contribution in [0.1, 0.15) is 6.92 Å². The Balaban J connectivity index is 2.70. The molecule has 5 heteroatoms. The quantitative estimate of drug-likeness (QED) is 0.617. The van der Waals surface area contributed by atoms with Gasteiger partial charge in [-0.05, 0) is 13.6 Å². The predicted octanol–water partition coefficient (Wildman–Crippen LogP) is -0.904. The zero-order valence-corrected chi connectivity index (χ0v) is 8.21. The molecule has 0 radical (unpaired) electrons. The van der Waals surface area contributed by atoms with E-state index < -0.39 is 15.9 Å². The molecule has 4 nitrogen and oxygen atoms in total. The monoisotopic (exact) mass is 193 g/mol. The summed E-state index contributed by atoms with van der Waals surface area (Å²) in [5, 5.41) is 9.41. The molecule has 1 aliphatic rings. The Morgan fingerprint density at radius 2 is 2.08 bits per heavy atom. The molecule has 0 bridgehead atoms. The highest BCUT2D eigenvalue weighted by Crippen LogP contribution is 2.16. The second-order valence-electron chi connectivity index (χ2n) is 3.28. The Morgan fingerprint density at radius 3 is 2.42 bits per heavy atom. The van der Waals surface area contributed by atoms with Crippen molar-refractivity contribution >= 4 is 9.84 Å². The van der Waals surface area contributed by atoms with E-state index in [0.29, 0.717) is 0 Å². The van der Waals surface area contributed by atoms with E-state index in [0.717, 1.165) is 6.54 Å². The lowest BCUT2D eigenvalue weighted by atomic mass is 10.2. The lowest BCUT2D eigenvalue weighted by Crippen LogP contribution is -2.40. The lowest BCUT2D eigenvalue weighted by molar-refractivity contribution is 0.103. The Kier molecular flexibility index (Phi) is 2.75. The van der Waals surface area contributed by atoms with Gasteiger partial charge in [0.05, 0.1) is 23.7 Å². The fraction of sp³-hybridized carbons (Fsp3) is 1.00. The first-order chi connectivity index (χ1) is 5.46. The molecule has 1 heterocycles. The van der Waals surface area contributed by atoms with Gasteiger partial charge in [-0.25, -0.2) is 8.42 Å². The molecule has 0 aliphatic carbocycles. The molecule has 12 heavy (non-hydrogen) atoms. The molecule has 0 aromatic rings. The number of rotatable bonds is 2. The standard InChI is InChI=1S/C7H15NO3S/c1-3-8(2)6-4-12(10,11)5-7(6)9/h6-7,9H,3-5H2,1-2H3. The highest BCUT2D eigenvalue weighted by atomic mass is 32.2. The number of nitrogens with zero attached hydrogens (tertiary/aromatic N) is 1. The largest absolute Gasteiger partial charge is 0.390 e. The van der Waals surface area contributed by atoms with Crippen LogP contribution in [-0.4, -0.2) is 55.7 Å². The van der Waals surface area contributed by atoms with Crippen LogP contribution in [0.2, 0.25) is 0 Å². The van der Waals surface area contributed by atoms with Gasteiger partial charge in [0, 0.05) is 0 Å². The van der Waals surface area contributed by atoms with Gasteiger partial charge in [0.2, 0.25) is 0 Å². The van der Waals surface area contributed by atoms with Gasteiger partial charge in [0.1, 0.15) is 0 Å². The average Bonchev–Trinajstić information content (AvgIpc) is 2.23. The smallest absolute Gasteiger partial charge is 0.154 e. The van der Waals surface area contributed by atoms with E-state index in [2.05, 4.69) is 0 Å². The highest BCUT2D eigenvalue weighted by Gasteiger charge is 2.38. The molecule has 1 rings (SSSR count). The number of hydrogen-bond acceptors (Lipinski definition) is 4. The van der Waals surface area contributed by atoms with E-state index in [4.69, 9.17) is 0 Å². The van der Waals surface area contributed by atoms with Crippen LogP contribution in [0, 0.1) is 0 Å². The molecule has 72 valence electrons. The van der Waals surface area contributed by atoms with Crippen LogP contribution in [0.25, 0.3) is 0 Å². The third kappa shape index (κ3) is 1.97. The molecule has 0 amide bonds. The van der Waals surface area contributed by atoms with Crippen LogP contribution in [0.15, 0.2) is 0 Å². The van der Waals surface area contributed by atoms with E-state index in [-0.39, 0.29) is 17.5 Å². The summed E-state index contributed by atoms with van der Waals surface area (Å²) in [5.41, 5.74) is 0. The molecule has 1 saturated heterocycles. The molecule has 0 aromatic carbocycles. The van der Waals surface area contributed by atoms with Crippen molar-refractivity contribution in [3.63, 3.8) is 0 Å². The van der Waals surface area contributed by atoms with E-state index >= 15 is 0 Å². The van der Waals surface area contributed by atoms with Crippen molar-refractivity contribution in [3.8, 4) is 0 Å². The third-order valence-corrected chi connectivity index (χ3v) is 4.06. The summed E-state index contributed by atoms with van der Waals surface area (Å²) >= 11 is 0. The lowest BCUT2D eigenvalue weighted by Gasteiger charge is -2.23. The van der Waals surface area contributed by atoms with Gasteiger partial charge in [-0.15, -0.1) is 0 Å². The van der Waals surface area contributed by atoms with E-state index in [1.54, 1.807) is 0 Å². The summed E-state index contributed by atoms with van der Waals surface area (Å²) in [6.07, 6.45) is -0.708. The van der Waals surface area contributed by atoms with Crippen LogP contribution >= 0.6 is 0 Å². The zero-order chi connectivity index (χ0) is 9.35. The van der Waals surface area contributed by atoms with Crippen molar-refractivity contribution in [2.24, 2.45) is 0 Å². The third-order valence-electron chi connectivity index (χ3n) is 2.36. The Labute approximate surface area is 73.1 Å². The van der Waals surface area contributed by atoms with Gasteiger partial charge < -0.3 is 10.0 Å². The van der Waals surface area contributed by atoms with Crippen molar-refractivity contribution in [1.29, 1.82) is 0 Å². The summed E-state index contributed by atoms with van der Waals surface area (Å²) in [6.45, 7) is 2.70. The van der Waals surface area contributed by atoms with Gasteiger partial charge >= 0.3 is 0 Å². The maximum atomic E-state index is 11.1. The van der Waals surface area contributed by atoms with Crippen LogP contribution in [-0.2, 0) is 9.84 Å². The maximum absolute atomic E-state index is 11.1. The first kappa shape index (κ1) is 9.95. The number of sulfone groups is 1. The predicted molar refractivity (Wildman–Crippen MR) is 46.8 cm³/mol. The second kappa shape index (κ2) is 3.32. The molecule has 1 N–H and O–H groups in total. The van der Waals surface area contributed by atoms with Crippen molar-refractivity contribution in [2.75, 3.05) is 25.1 Å². The summed E-state index contributed by atoms with van der Waals surface area (Å²) in [7, 11) is -1.16. The number of aliphatic hydroxyl groups excluding tert-OH is 1. The van der Waals surface area contributed by atoms with E-state index in [1.807, 2.05) is 18.9 Å². The molecule has 2 unspecified atom stereocenters. The minimum Gasteiger partial charge on any atom is -0.390 e. The molecule has 2 atom stereocenters. The second-order valence-corrected chi connectivity index (χ2v) is 5.44. The fourth-order valence-corrected chi connectivity index (χ4v) is 3.34. The summed E-state index contributed by atoms with van der Waals surface area (Å²) < 4.78 is 22.2. The summed E-state index contributed by atoms with van der Waals surface area (Å²) in [6, 6.07) is -0.208. The fourth-order valence-electron chi connectivity index (χ4n) is 1.47. The normalized spacial score (nSPS) is 34.3. The highest BCUT2D eigenvalue weighted by molar-refractivity contribution is 7.91. The summed E-state index contributed by atoms with van der Waals surface area (Å²) in [5.74, 6) is 0.0144. The van der Waals surface area contributed by atoms with Crippen molar-refractivity contribution < 1.29 is 13.5 Å². The molecule has 0 saturated carbocycles. The van der Waals surface area contributed by atoms with Gasteiger partial charge in [-0.2, -0.15) is 0 Å². The minimum atomic E-state index is -2.99.